The van der Waals surface area contributed by atoms with Crippen molar-refractivity contribution < 1.29 is 37.0 Å². The van der Waals surface area contributed by atoms with Crippen LogP contribution in [0.1, 0.15) is 53.4 Å². The maximum atomic E-state index is 17.9. The van der Waals surface area contributed by atoms with E-state index in [9.17, 15) is 18.8 Å². The summed E-state index contributed by atoms with van der Waals surface area (Å²) in [4.78, 5) is 38.4. The zero-order valence-electron chi connectivity index (χ0n) is 21.9. The molecule has 0 heterocycles. The van der Waals surface area contributed by atoms with E-state index >= 15 is 8.78 Å². The molecule has 4 rings (SSSR count). The molecule has 0 aromatic carbocycles. The van der Waals surface area contributed by atoms with Crippen molar-refractivity contribution in [2.24, 2.45) is 28.6 Å². The van der Waals surface area contributed by atoms with Crippen LogP contribution in [0.2, 0.25) is 0 Å². The van der Waals surface area contributed by atoms with Crippen molar-refractivity contribution in [2.75, 3.05) is 18.2 Å². The van der Waals surface area contributed by atoms with Gasteiger partial charge in [0.25, 0.3) is 0 Å². The van der Waals surface area contributed by atoms with E-state index in [1.54, 1.807) is 27.7 Å². The van der Waals surface area contributed by atoms with Gasteiger partial charge in [-0.3, -0.25) is 14.4 Å². The molecule has 3 saturated carbocycles. The third-order valence-electron chi connectivity index (χ3n) is 9.58. The van der Waals surface area contributed by atoms with Crippen molar-refractivity contribution in [3.05, 3.63) is 23.8 Å². The van der Waals surface area contributed by atoms with Crippen molar-refractivity contribution in [1.29, 1.82) is 0 Å². The van der Waals surface area contributed by atoms with E-state index in [0.717, 1.165) is 0 Å². The molecule has 0 aromatic rings. The quantitative estimate of drug-likeness (QED) is 0.289. The molecule has 0 amide bonds. The number of esters is 1. The van der Waals surface area contributed by atoms with Crippen LogP contribution in [0.5, 0.6) is 0 Å². The van der Waals surface area contributed by atoms with Gasteiger partial charge in [-0.15, -0.1) is 11.8 Å². The van der Waals surface area contributed by atoms with Crippen molar-refractivity contribution in [3.8, 4) is 0 Å². The van der Waals surface area contributed by atoms with Gasteiger partial charge >= 0.3 is 5.97 Å². The van der Waals surface area contributed by atoms with Gasteiger partial charge in [-0.25, -0.2) is 13.2 Å². The number of hydrogen-bond acceptors (Lipinski definition) is 7. The molecule has 9 atom stereocenters. The standard InChI is InChI=1S/C27H35F3O5S2/c1-6-22(32)35-27(23(33)37-13-28)15(2)9-17-18-11-20(29)19-10-16(31)7-8-24(19,3)26(18,30)21(34-14-36-5)12-25(17,27)4/h7-8,10,15,17-18,20-21H,6,9,11-14H2,1-5H3/t15-,17+,18+,20+,21+,24+,25+,26+,27+/m1/s1. The number of ketones is 1. The average Bonchev–Trinajstić information content (AvgIpc) is 3.07. The molecule has 0 saturated heterocycles. The second-order valence-electron chi connectivity index (χ2n) is 11.1. The van der Waals surface area contributed by atoms with Crippen LogP contribution in [0.25, 0.3) is 0 Å². The van der Waals surface area contributed by atoms with Gasteiger partial charge in [0.2, 0.25) is 5.12 Å². The summed E-state index contributed by atoms with van der Waals surface area (Å²) in [5.74, 6) is -2.80. The van der Waals surface area contributed by atoms with Gasteiger partial charge in [0.1, 0.15) is 12.2 Å². The summed E-state index contributed by atoms with van der Waals surface area (Å²) >= 11 is 1.81. The van der Waals surface area contributed by atoms with Gasteiger partial charge in [-0.05, 0) is 67.8 Å². The fraction of sp³-hybridized carbons (Fsp3) is 0.741. The minimum atomic E-state index is -2.08. The molecule has 0 aromatic heterocycles. The number of carbonyl (C=O) groups excluding carboxylic acids is 3. The summed E-state index contributed by atoms with van der Waals surface area (Å²) in [5.41, 5.74) is -6.23. The second kappa shape index (κ2) is 10.0. The summed E-state index contributed by atoms with van der Waals surface area (Å²) < 4.78 is 59.3. The van der Waals surface area contributed by atoms with Crippen LogP contribution in [-0.4, -0.2) is 58.6 Å². The van der Waals surface area contributed by atoms with Gasteiger partial charge in [0, 0.05) is 29.1 Å². The fourth-order valence-corrected chi connectivity index (χ4v) is 9.01. The predicted molar refractivity (Wildman–Crippen MR) is 138 cm³/mol. The largest absolute Gasteiger partial charge is 0.449 e. The fourth-order valence-electron chi connectivity index (χ4n) is 7.92. The maximum absolute atomic E-state index is 17.9. The van der Waals surface area contributed by atoms with Gasteiger partial charge < -0.3 is 9.47 Å². The summed E-state index contributed by atoms with van der Waals surface area (Å²) in [7, 11) is 0. The van der Waals surface area contributed by atoms with Crippen molar-refractivity contribution >= 4 is 40.4 Å². The van der Waals surface area contributed by atoms with E-state index in [1.807, 2.05) is 6.26 Å². The Kier molecular flexibility index (Phi) is 7.80. The highest BCUT2D eigenvalue weighted by atomic mass is 32.2. The van der Waals surface area contributed by atoms with E-state index in [1.165, 1.54) is 30.0 Å². The van der Waals surface area contributed by atoms with Crippen LogP contribution in [0, 0.1) is 28.6 Å². The Morgan fingerprint density at radius 1 is 1.22 bits per heavy atom. The number of alkyl halides is 3. The van der Waals surface area contributed by atoms with Crippen LogP contribution in [0.3, 0.4) is 0 Å². The number of hydrogen-bond donors (Lipinski definition) is 0. The smallest absolute Gasteiger partial charge is 0.306 e. The third-order valence-corrected chi connectivity index (χ3v) is 10.6. The van der Waals surface area contributed by atoms with E-state index in [4.69, 9.17) is 9.47 Å². The lowest BCUT2D eigenvalue weighted by atomic mass is 9.44. The Hall–Kier alpha value is -1.26. The molecular weight excluding hydrogens is 525 g/mol. The number of carbonyl (C=O) groups is 3. The molecule has 4 aliphatic carbocycles. The summed E-state index contributed by atoms with van der Waals surface area (Å²) in [6.07, 6.45) is 3.28. The first kappa shape index (κ1) is 28.7. The number of halogens is 3. The molecular formula is C27H35F3O5S2. The van der Waals surface area contributed by atoms with Gasteiger partial charge in [-0.2, -0.15) is 0 Å². The highest BCUT2D eigenvalue weighted by Gasteiger charge is 2.78. The van der Waals surface area contributed by atoms with Crippen LogP contribution in [-0.2, 0) is 23.9 Å². The van der Waals surface area contributed by atoms with Crippen LogP contribution in [0.4, 0.5) is 13.2 Å². The maximum Gasteiger partial charge on any atom is 0.306 e. The molecule has 0 aliphatic heterocycles. The van der Waals surface area contributed by atoms with E-state index in [2.05, 4.69) is 0 Å². The monoisotopic (exact) mass is 560 g/mol. The second-order valence-corrected chi connectivity index (χ2v) is 12.8. The molecule has 0 bridgehead atoms. The highest BCUT2D eigenvalue weighted by Crippen LogP contribution is 2.72. The molecule has 0 radical (unpaired) electrons. The lowest BCUT2D eigenvalue weighted by Crippen LogP contribution is -2.71. The lowest BCUT2D eigenvalue weighted by molar-refractivity contribution is -0.235. The molecule has 4 aliphatic rings. The normalized spacial score (nSPS) is 44.5. The van der Waals surface area contributed by atoms with E-state index in [0.29, 0.717) is 18.2 Å². The number of thioether (sulfide) groups is 2. The minimum Gasteiger partial charge on any atom is -0.449 e. The Balaban J connectivity index is 1.92. The van der Waals surface area contributed by atoms with Crippen LogP contribution < -0.4 is 0 Å². The Labute approximate surface area is 224 Å². The average molecular weight is 561 g/mol. The number of fused-ring (bicyclic) bond motifs is 5. The van der Waals surface area contributed by atoms with Crippen LogP contribution in [0.15, 0.2) is 23.8 Å². The Bertz CT molecular complexity index is 1040. The van der Waals surface area contributed by atoms with Gasteiger partial charge in [0.05, 0.1) is 12.0 Å². The zero-order valence-corrected chi connectivity index (χ0v) is 23.5. The zero-order chi connectivity index (χ0) is 27.4. The van der Waals surface area contributed by atoms with Crippen LogP contribution >= 0.6 is 23.5 Å². The first-order valence-corrected chi connectivity index (χ1v) is 15.1. The number of ether oxygens (including phenoxy) is 2. The van der Waals surface area contributed by atoms with E-state index < -0.39 is 69.2 Å². The Morgan fingerprint density at radius 2 is 1.92 bits per heavy atom. The number of allylic oxidation sites excluding steroid dienone is 4. The molecule has 5 nitrogen and oxygen atoms in total. The minimum absolute atomic E-state index is 0.0171. The molecule has 0 unspecified atom stereocenters. The topological polar surface area (TPSA) is 69.7 Å². The molecule has 206 valence electrons. The van der Waals surface area contributed by atoms with Gasteiger partial charge in [-0.1, -0.05) is 26.8 Å². The predicted octanol–water partition coefficient (Wildman–Crippen LogP) is 5.77. The Morgan fingerprint density at radius 3 is 2.54 bits per heavy atom. The first-order chi connectivity index (χ1) is 17.4. The summed E-state index contributed by atoms with van der Waals surface area (Å²) in [5, 5.41) is -0.605. The van der Waals surface area contributed by atoms with Crippen molar-refractivity contribution in [1.82, 2.24) is 0 Å². The molecule has 10 heteroatoms. The number of rotatable bonds is 7. The van der Waals surface area contributed by atoms with E-state index in [-0.39, 0.29) is 36.6 Å². The highest BCUT2D eigenvalue weighted by molar-refractivity contribution is 8.13. The lowest BCUT2D eigenvalue weighted by Gasteiger charge is -2.63. The van der Waals surface area contributed by atoms with Gasteiger partial charge in [0.15, 0.2) is 17.1 Å². The summed E-state index contributed by atoms with van der Waals surface area (Å²) in [6, 6.07) is -0.988. The molecule has 0 N–H and O–H groups in total. The SMILES string of the molecule is CCC(=O)O[C@]1(C(=O)SCF)[C@H](C)C[C@H]2[C@@H]3C[C@H](F)C4=CC(=O)C=C[C@]4(C)[C@@]3(F)[C@@H](OCSC)C[C@@]21C. The summed E-state index contributed by atoms with van der Waals surface area (Å²) in [6.45, 7) is 6.78. The van der Waals surface area contributed by atoms with Crippen molar-refractivity contribution in [2.45, 2.75) is 76.9 Å². The first-order valence-electron chi connectivity index (χ1n) is 12.7. The molecule has 3 fully saturated rings. The third kappa shape index (κ3) is 3.90. The van der Waals surface area contributed by atoms with Crippen molar-refractivity contribution in [3.63, 3.8) is 0 Å². The molecule has 37 heavy (non-hydrogen) atoms. The molecule has 0 spiro atoms.